The minimum Gasteiger partial charge on any atom is -0.461 e. The van der Waals surface area contributed by atoms with E-state index in [9.17, 15) is 18.8 Å². The normalized spacial score (nSPS) is 16.4. The maximum atomic E-state index is 13.3. The second kappa shape index (κ2) is 8.26. The molecule has 0 spiro atoms. The minimum absolute atomic E-state index is 0.0806. The predicted molar refractivity (Wildman–Crippen MR) is 96.6 cm³/mol. The number of carbonyl (C=O) groups is 3. The zero-order valence-corrected chi connectivity index (χ0v) is 15.4. The predicted octanol–water partition coefficient (Wildman–Crippen LogP) is 2.45. The molecule has 7 nitrogen and oxygen atoms in total. The topological polar surface area (TPSA) is 88.6 Å². The summed E-state index contributed by atoms with van der Waals surface area (Å²) in [6, 6.07) is 6.02. The Bertz CT molecular complexity index is 870. The summed E-state index contributed by atoms with van der Waals surface area (Å²) in [5.41, 5.74) is 0.802. The number of benzene rings is 1. The molecule has 1 unspecified atom stereocenters. The SMILES string of the molecule is CCOC(=O)c1csc(NC(=O)C2CC(=O)N(Cc3cccc(F)c3)C2)n1. The number of ether oxygens (including phenoxy) is 1. The monoisotopic (exact) mass is 391 g/mol. The zero-order chi connectivity index (χ0) is 19.4. The van der Waals surface area contributed by atoms with Crippen LogP contribution in [0.4, 0.5) is 9.52 Å². The molecule has 1 aliphatic rings. The molecule has 9 heteroatoms. The third-order valence-electron chi connectivity index (χ3n) is 4.07. The van der Waals surface area contributed by atoms with E-state index in [2.05, 4.69) is 10.3 Å². The van der Waals surface area contributed by atoms with Crippen LogP contribution in [-0.4, -0.2) is 40.8 Å². The van der Waals surface area contributed by atoms with Crippen LogP contribution in [0.5, 0.6) is 0 Å². The van der Waals surface area contributed by atoms with Crippen LogP contribution in [0.2, 0.25) is 0 Å². The van der Waals surface area contributed by atoms with Crippen molar-refractivity contribution in [1.29, 1.82) is 0 Å². The van der Waals surface area contributed by atoms with Gasteiger partial charge < -0.3 is 15.0 Å². The number of carbonyl (C=O) groups excluding carboxylic acids is 3. The smallest absolute Gasteiger partial charge is 0.357 e. The fourth-order valence-electron chi connectivity index (χ4n) is 2.79. The van der Waals surface area contributed by atoms with Crippen LogP contribution >= 0.6 is 11.3 Å². The van der Waals surface area contributed by atoms with Gasteiger partial charge in [0.05, 0.1) is 12.5 Å². The number of hydrogen-bond donors (Lipinski definition) is 1. The zero-order valence-electron chi connectivity index (χ0n) is 14.6. The number of nitrogens with one attached hydrogen (secondary N) is 1. The highest BCUT2D eigenvalue weighted by Gasteiger charge is 2.34. The number of nitrogens with zero attached hydrogens (tertiary/aromatic N) is 2. The van der Waals surface area contributed by atoms with Gasteiger partial charge in [-0.1, -0.05) is 12.1 Å². The van der Waals surface area contributed by atoms with Crippen molar-refractivity contribution < 1.29 is 23.5 Å². The van der Waals surface area contributed by atoms with Crippen molar-refractivity contribution in [1.82, 2.24) is 9.88 Å². The van der Waals surface area contributed by atoms with Gasteiger partial charge in [-0.2, -0.15) is 0 Å². The van der Waals surface area contributed by atoms with Crippen molar-refractivity contribution >= 4 is 34.3 Å². The van der Waals surface area contributed by atoms with Crippen LogP contribution in [0.1, 0.15) is 29.4 Å². The lowest BCUT2D eigenvalue weighted by atomic mass is 10.1. The second-order valence-electron chi connectivity index (χ2n) is 6.05. The van der Waals surface area contributed by atoms with Gasteiger partial charge in [0.2, 0.25) is 11.8 Å². The number of esters is 1. The molecule has 2 amide bonds. The summed E-state index contributed by atoms with van der Waals surface area (Å²) in [7, 11) is 0. The summed E-state index contributed by atoms with van der Waals surface area (Å²) in [6.07, 6.45) is 0.0806. The van der Waals surface area contributed by atoms with Crippen molar-refractivity contribution in [2.45, 2.75) is 19.9 Å². The molecule has 1 atom stereocenters. The maximum Gasteiger partial charge on any atom is 0.357 e. The molecule has 2 aromatic rings. The summed E-state index contributed by atoms with van der Waals surface area (Å²) < 4.78 is 18.1. The molecule has 0 radical (unpaired) electrons. The molecular formula is C18H18FN3O4S. The lowest BCUT2D eigenvalue weighted by Crippen LogP contribution is -2.28. The fourth-order valence-corrected chi connectivity index (χ4v) is 3.48. The Morgan fingerprint density at radius 3 is 3.00 bits per heavy atom. The minimum atomic E-state index is -0.549. The van der Waals surface area contributed by atoms with E-state index in [0.29, 0.717) is 5.56 Å². The average molecular weight is 391 g/mol. The fraction of sp³-hybridized carbons (Fsp3) is 0.333. The molecule has 1 N–H and O–H groups in total. The van der Waals surface area contributed by atoms with E-state index in [-0.39, 0.29) is 54.6 Å². The number of rotatable bonds is 6. The van der Waals surface area contributed by atoms with Crippen molar-refractivity contribution in [3.8, 4) is 0 Å². The first-order chi connectivity index (χ1) is 13.0. The quantitative estimate of drug-likeness (QED) is 0.764. The molecule has 0 saturated carbocycles. The number of thiazole rings is 1. The van der Waals surface area contributed by atoms with Crippen LogP contribution in [0.25, 0.3) is 0 Å². The van der Waals surface area contributed by atoms with Gasteiger partial charge in [0, 0.05) is 24.9 Å². The summed E-state index contributed by atoms with van der Waals surface area (Å²) in [4.78, 5) is 41.8. The molecule has 0 aliphatic carbocycles. The van der Waals surface area contributed by atoms with Gasteiger partial charge >= 0.3 is 5.97 Å². The summed E-state index contributed by atoms with van der Waals surface area (Å²) >= 11 is 1.11. The maximum absolute atomic E-state index is 13.3. The number of amides is 2. The molecular weight excluding hydrogens is 373 g/mol. The first kappa shape index (κ1) is 19.0. The second-order valence-corrected chi connectivity index (χ2v) is 6.91. The van der Waals surface area contributed by atoms with Crippen LogP contribution in [0.3, 0.4) is 0 Å². The Balaban J connectivity index is 1.58. The largest absolute Gasteiger partial charge is 0.461 e. The van der Waals surface area contributed by atoms with Crippen molar-refractivity contribution in [2.24, 2.45) is 5.92 Å². The number of anilines is 1. The van der Waals surface area contributed by atoms with Gasteiger partial charge in [-0.05, 0) is 24.6 Å². The standard InChI is InChI=1S/C18H18FN3O4S/c1-2-26-17(25)14-10-27-18(20-14)21-16(24)12-7-15(23)22(9-12)8-11-4-3-5-13(19)6-11/h3-6,10,12H,2,7-9H2,1H3,(H,20,21,24). The Hall–Kier alpha value is -2.81. The molecule has 1 aromatic heterocycles. The highest BCUT2D eigenvalue weighted by Crippen LogP contribution is 2.23. The Kier molecular flexibility index (Phi) is 5.80. The molecule has 1 aliphatic heterocycles. The van der Waals surface area contributed by atoms with Crippen LogP contribution in [0, 0.1) is 11.7 Å². The van der Waals surface area contributed by atoms with Gasteiger partial charge in [-0.25, -0.2) is 14.2 Å². The lowest BCUT2D eigenvalue weighted by molar-refractivity contribution is -0.128. The first-order valence-electron chi connectivity index (χ1n) is 8.42. The number of likely N-dealkylation sites (tertiary alicyclic amines) is 1. The van der Waals surface area contributed by atoms with Crippen molar-refractivity contribution in [2.75, 3.05) is 18.5 Å². The average Bonchev–Trinajstić information content (AvgIpc) is 3.23. The Morgan fingerprint density at radius 1 is 1.44 bits per heavy atom. The van der Waals surface area contributed by atoms with Crippen molar-refractivity contribution in [3.05, 3.63) is 46.7 Å². The third-order valence-corrected chi connectivity index (χ3v) is 4.82. The van der Waals surface area contributed by atoms with E-state index >= 15 is 0 Å². The molecule has 3 rings (SSSR count). The summed E-state index contributed by atoms with van der Waals surface area (Å²) in [5.74, 6) is -1.94. The van der Waals surface area contributed by atoms with Crippen LogP contribution in [0.15, 0.2) is 29.6 Å². The highest BCUT2D eigenvalue weighted by atomic mass is 32.1. The summed E-state index contributed by atoms with van der Waals surface area (Å²) in [6.45, 7) is 2.44. The van der Waals surface area contributed by atoms with Crippen molar-refractivity contribution in [3.63, 3.8) is 0 Å². The van der Waals surface area contributed by atoms with E-state index in [1.807, 2.05) is 0 Å². The molecule has 142 valence electrons. The molecule has 0 bridgehead atoms. The molecule has 2 heterocycles. The number of halogens is 1. The molecule has 1 saturated heterocycles. The van der Waals surface area contributed by atoms with Crippen LogP contribution < -0.4 is 5.32 Å². The Labute approximate surface area is 159 Å². The van der Waals surface area contributed by atoms with E-state index in [0.717, 1.165) is 11.3 Å². The van der Waals surface area contributed by atoms with E-state index in [1.54, 1.807) is 19.1 Å². The molecule has 27 heavy (non-hydrogen) atoms. The van der Waals surface area contributed by atoms with E-state index in [4.69, 9.17) is 4.74 Å². The van der Waals surface area contributed by atoms with Gasteiger partial charge in [-0.3, -0.25) is 9.59 Å². The Morgan fingerprint density at radius 2 is 2.26 bits per heavy atom. The van der Waals surface area contributed by atoms with Gasteiger partial charge in [-0.15, -0.1) is 11.3 Å². The molecule has 1 fully saturated rings. The van der Waals surface area contributed by atoms with Gasteiger partial charge in [0.1, 0.15) is 5.82 Å². The highest BCUT2D eigenvalue weighted by molar-refractivity contribution is 7.14. The lowest BCUT2D eigenvalue weighted by Gasteiger charge is -2.16. The van der Waals surface area contributed by atoms with Crippen LogP contribution in [-0.2, 0) is 20.9 Å². The van der Waals surface area contributed by atoms with Gasteiger partial charge in [0.15, 0.2) is 10.8 Å². The van der Waals surface area contributed by atoms with E-state index < -0.39 is 11.9 Å². The third kappa shape index (κ3) is 4.68. The number of hydrogen-bond acceptors (Lipinski definition) is 6. The van der Waals surface area contributed by atoms with E-state index in [1.165, 1.54) is 22.4 Å². The molecule has 1 aromatic carbocycles. The first-order valence-corrected chi connectivity index (χ1v) is 9.30. The summed E-state index contributed by atoms with van der Waals surface area (Å²) in [5, 5.41) is 4.42. The van der Waals surface area contributed by atoms with Gasteiger partial charge in [0.25, 0.3) is 0 Å². The number of aromatic nitrogens is 1.